The minimum Gasteiger partial charge on any atom is -0.316 e. The van der Waals surface area contributed by atoms with Crippen molar-refractivity contribution in [1.82, 2.24) is 10.3 Å². The molecule has 1 heterocycles. The van der Waals surface area contributed by atoms with Gasteiger partial charge in [0.05, 0.1) is 0 Å². The van der Waals surface area contributed by atoms with Crippen molar-refractivity contribution < 1.29 is 0 Å². The topological polar surface area (TPSA) is 24.9 Å². The van der Waals surface area contributed by atoms with Gasteiger partial charge in [0, 0.05) is 29.0 Å². The summed E-state index contributed by atoms with van der Waals surface area (Å²) in [5.41, 5.74) is 3.52. The number of hydrogen-bond acceptors (Lipinski definition) is 2. The van der Waals surface area contributed by atoms with Crippen molar-refractivity contribution in [3.05, 3.63) is 52.8 Å². The van der Waals surface area contributed by atoms with Crippen LogP contribution in [0, 0.1) is 0 Å². The van der Waals surface area contributed by atoms with Crippen LogP contribution in [0.4, 0.5) is 0 Å². The predicted octanol–water partition coefficient (Wildman–Crippen LogP) is 3.23. The molecule has 16 heavy (non-hydrogen) atoms. The molecule has 2 nitrogen and oxygen atoms in total. The number of aromatic nitrogens is 1. The van der Waals surface area contributed by atoms with Crippen LogP contribution in [0.5, 0.6) is 0 Å². The van der Waals surface area contributed by atoms with Gasteiger partial charge in [-0.15, -0.1) is 0 Å². The number of rotatable bonds is 3. The first-order valence-electron chi connectivity index (χ1n) is 5.14. The molecule has 0 radical (unpaired) electrons. The molecule has 0 spiro atoms. The van der Waals surface area contributed by atoms with Crippen LogP contribution < -0.4 is 5.32 Å². The Bertz CT molecular complexity index is 483. The summed E-state index contributed by atoms with van der Waals surface area (Å²) in [6.45, 7) is 0.842. The third-order valence-corrected chi connectivity index (χ3v) is 2.83. The van der Waals surface area contributed by atoms with Gasteiger partial charge in [0.1, 0.15) is 0 Å². The molecule has 2 aromatic rings. The molecule has 82 valence electrons. The Labute approximate surface area is 104 Å². The van der Waals surface area contributed by atoms with Crippen molar-refractivity contribution in [2.24, 2.45) is 0 Å². The van der Waals surface area contributed by atoms with Gasteiger partial charge in [0.2, 0.25) is 0 Å². The molecule has 0 atom stereocenters. The van der Waals surface area contributed by atoms with Crippen LogP contribution in [0.2, 0.25) is 0 Å². The number of nitrogens with zero attached hydrogens (tertiary/aromatic N) is 1. The van der Waals surface area contributed by atoms with Crippen LogP contribution in [0.25, 0.3) is 11.1 Å². The van der Waals surface area contributed by atoms with Crippen molar-refractivity contribution in [1.29, 1.82) is 0 Å². The fraction of sp³-hybridized carbons (Fsp3) is 0.154. The number of pyridine rings is 1. The van der Waals surface area contributed by atoms with Gasteiger partial charge < -0.3 is 5.32 Å². The first kappa shape index (κ1) is 11.3. The molecule has 0 saturated carbocycles. The fourth-order valence-electron chi connectivity index (χ4n) is 1.61. The number of halogens is 1. The van der Waals surface area contributed by atoms with E-state index in [1.165, 1.54) is 11.1 Å². The van der Waals surface area contributed by atoms with Gasteiger partial charge in [0.25, 0.3) is 0 Å². The number of benzene rings is 1. The largest absolute Gasteiger partial charge is 0.316 e. The van der Waals surface area contributed by atoms with Crippen LogP contribution >= 0.6 is 15.9 Å². The van der Waals surface area contributed by atoms with E-state index < -0.39 is 0 Å². The highest BCUT2D eigenvalue weighted by molar-refractivity contribution is 9.10. The molecule has 1 aromatic carbocycles. The zero-order chi connectivity index (χ0) is 11.4. The van der Waals surface area contributed by atoms with Crippen LogP contribution in [0.3, 0.4) is 0 Å². The highest BCUT2D eigenvalue weighted by Gasteiger charge is 2.00. The van der Waals surface area contributed by atoms with Gasteiger partial charge in [-0.2, -0.15) is 0 Å². The molecule has 0 saturated heterocycles. The van der Waals surface area contributed by atoms with Gasteiger partial charge in [-0.25, -0.2) is 0 Å². The van der Waals surface area contributed by atoms with E-state index >= 15 is 0 Å². The molecule has 3 heteroatoms. The van der Waals surface area contributed by atoms with Crippen molar-refractivity contribution in [3.63, 3.8) is 0 Å². The molecule has 2 rings (SSSR count). The van der Waals surface area contributed by atoms with Crippen LogP contribution in [-0.2, 0) is 6.54 Å². The Hall–Kier alpha value is -1.19. The summed E-state index contributed by atoms with van der Waals surface area (Å²) in [5, 5.41) is 3.12. The Kier molecular flexibility index (Phi) is 3.70. The molecule has 1 N–H and O–H groups in total. The monoisotopic (exact) mass is 276 g/mol. The van der Waals surface area contributed by atoms with Gasteiger partial charge >= 0.3 is 0 Å². The second-order valence-corrected chi connectivity index (χ2v) is 4.54. The van der Waals surface area contributed by atoms with E-state index in [1.807, 2.05) is 31.6 Å². The predicted molar refractivity (Wildman–Crippen MR) is 70.1 cm³/mol. The Balaban J connectivity index is 2.36. The quantitative estimate of drug-likeness (QED) is 0.931. The number of hydrogen-bond donors (Lipinski definition) is 1. The maximum absolute atomic E-state index is 4.25. The van der Waals surface area contributed by atoms with E-state index in [0.717, 1.165) is 16.6 Å². The zero-order valence-electron chi connectivity index (χ0n) is 9.07. The highest BCUT2D eigenvalue weighted by Crippen LogP contribution is 2.22. The average molecular weight is 277 g/mol. The van der Waals surface area contributed by atoms with Crippen LogP contribution in [0.1, 0.15) is 5.56 Å². The molecular weight excluding hydrogens is 264 g/mol. The van der Waals surface area contributed by atoms with Gasteiger partial charge in [-0.05, 0) is 36.4 Å². The van der Waals surface area contributed by atoms with Gasteiger partial charge in [-0.3, -0.25) is 4.98 Å². The first-order valence-corrected chi connectivity index (χ1v) is 5.93. The van der Waals surface area contributed by atoms with E-state index in [-0.39, 0.29) is 0 Å². The third-order valence-electron chi connectivity index (χ3n) is 2.33. The normalized spacial score (nSPS) is 10.4. The van der Waals surface area contributed by atoms with E-state index in [2.05, 4.69) is 44.4 Å². The molecule has 0 bridgehead atoms. The second-order valence-electron chi connectivity index (χ2n) is 3.62. The molecule has 0 aliphatic carbocycles. The standard InChI is InChI=1S/C13H13BrN2/c1-15-7-10-5-12(9-16-8-10)11-3-2-4-13(14)6-11/h2-6,8-9,15H,7H2,1H3. The molecule has 0 amide bonds. The zero-order valence-corrected chi connectivity index (χ0v) is 10.7. The molecule has 0 aliphatic rings. The second kappa shape index (κ2) is 5.23. The minimum atomic E-state index is 0.842. The summed E-state index contributed by atoms with van der Waals surface area (Å²) in [7, 11) is 1.94. The summed E-state index contributed by atoms with van der Waals surface area (Å²) >= 11 is 3.48. The molecule has 1 aromatic heterocycles. The van der Waals surface area contributed by atoms with Crippen molar-refractivity contribution in [2.45, 2.75) is 6.54 Å². The number of nitrogens with one attached hydrogen (secondary N) is 1. The lowest BCUT2D eigenvalue weighted by atomic mass is 10.1. The lowest BCUT2D eigenvalue weighted by Gasteiger charge is -2.04. The summed E-state index contributed by atoms with van der Waals surface area (Å²) < 4.78 is 1.09. The van der Waals surface area contributed by atoms with Crippen molar-refractivity contribution in [3.8, 4) is 11.1 Å². The molecule has 0 fully saturated rings. The maximum Gasteiger partial charge on any atom is 0.0346 e. The first-order chi connectivity index (χ1) is 7.79. The lowest BCUT2D eigenvalue weighted by molar-refractivity contribution is 0.813. The average Bonchev–Trinajstić information content (AvgIpc) is 2.30. The van der Waals surface area contributed by atoms with Crippen molar-refractivity contribution >= 4 is 15.9 Å². The van der Waals surface area contributed by atoms with Crippen LogP contribution in [0.15, 0.2) is 47.2 Å². The summed E-state index contributed by atoms with van der Waals surface area (Å²) in [6.07, 6.45) is 3.78. The summed E-state index contributed by atoms with van der Waals surface area (Å²) in [5.74, 6) is 0. The Morgan fingerprint density at radius 2 is 2.06 bits per heavy atom. The molecular formula is C13H13BrN2. The molecule has 0 unspecified atom stereocenters. The van der Waals surface area contributed by atoms with Gasteiger partial charge in [0.15, 0.2) is 0 Å². The van der Waals surface area contributed by atoms with E-state index in [1.54, 1.807) is 0 Å². The van der Waals surface area contributed by atoms with E-state index in [9.17, 15) is 0 Å². The van der Waals surface area contributed by atoms with Crippen LogP contribution in [-0.4, -0.2) is 12.0 Å². The maximum atomic E-state index is 4.25. The fourth-order valence-corrected chi connectivity index (χ4v) is 2.01. The van der Waals surface area contributed by atoms with Crippen molar-refractivity contribution in [2.75, 3.05) is 7.05 Å². The SMILES string of the molecule is CNCc1cncc(-c2cccc(Br)c2)c1. The Morgan fingerprint density at radius 1 is 1.19 bits per heavy atom. The van der Waals surface area contributed by atoms with E-state index in [0.29, 0.717) is 0 Å². The van der Waals surface area contributed by atoms with E-state index in [4.69, 9.17) is 0 Å². The summed E-state index contributed by atoms with van der Waals surface area (Å²) in [4.78, 5) is 4.25. The van der Waals surface area contributed by atoms with Gasteiger partial charge in [-0.1, -0.05) is 28.1 Å². The third kappa shape index (κ3) is 2.68. The lowest BCUT2D eigenvalue weighted by Crippen LogP contribution is -2.05. The highest BCUT2D eigenvalue weighted by atomic mass is 79.9. The molecule has 0 aliphatic heterocycles. The summed E-state index contributed by atoms with van der Waals surface area (Å²) in [6, 6.07) is 10.4. The Morgan fingerprint density at radius 3 is 2.81 bits per heavy atom. The smallest absolute Gasteiger partial charge is 0.0346 e. The minimum absolute atomic E-state index is 0.842.